The minimum absolute atomic E-state index is 0.0227. The first-order chi connectivity index (χ1) is 21.8. The fraction of sp³-hybridized carbons (Fsp3) is 0.441. The molecular weight excluding hydrogens is 623 g/mol. The summed E-state index contributed by atoms with van der Waals surface area (Å²) in [5.74, 6) is -0.870. The average molecular weight is 666 g/mol. The summed E-state index contributed by atoms with van der Waals surface area (Å²) in [5.41, 5.74) is 2.75. The molecule has 0 fully saturated rings. The zero-order chi connectivity index (χ0) is 33.3. The lowest BCUT2D eigenvalue weighted by Crippen LogP contribution is -2.43. The van der Waals surface area contributed by atoms with Crippen molar-refractivity contribution in [2.45, 2.75) is 57.2 Å². The van der Waals surface area contributed by atoms with E-state index in [2.05, 4.69) is 15.3 Å². The number of aromatic nitrogens is 2. The Labute approximate surface area is 272 Å². The Kier molecular flexibility index (Phi) is 12.2. The maximum absolute atomic E-state index is 13.3. The zero-order valence-corrected chi connectivity index (χ0v) is 28.2. The van der Waals surface area contributed by atoms with Crippen LogP contribution in [0.2, 0.25) is 0 Å². The van der Waals surface area contributed by atoms with Crippen molar-refractivity contribution in [1.82, 2.24) is 20.3 Å². The average Bonchev–Trinajstić information content (AvgIpc) is 2.98. The van der Waals surface area contributed by atoms with Gasteiger partial charge in [0.05, 0.1) is 46.7 Å². The predicted octanol–water partition coefficient (Wildman–Crippen LogP) is 4.93. The van der Waals surface area contributed by atoms with E-state index in [9.17, 15) is 27.3 Å². The third-order valence-corrected chi connectivity index (χ3v) is 11.1. The first kappa shape index (κ1) is 35.4. The summed E-state index contributed by atoms with van der Waals surface area (Å²) in [5, 5.41) is 26.2. The highest BCUT2D eigenvalue weighted by Gasteiger charge is 2.28. The van der Waals surface area contributed by atoms with Gasteiger partial charge in [-0.3, -0.25) is 9.97 Å². The first-order valence-electron chi connectivity index (χ1n) is 15.5. The maximum atomic E-state index is 13.3. The summed E-state index contributed by atoms with van der Waals surface area (Å²) < 4.78 is 53.1. The van der Waals surface area contributed by atoms with E-state index in [4.69, 9.17) is 0 Å². The Morgan fingerprint density at radius 1 is 0.826 bits per heavy atom. The summed E-state index contributed by atoms with van der Waals surface area (Å²) in [6.45, 7) is 5.95. The van der Waals surface area contributed by atoms with Gasteiger partial charge in [-0.05, 0) is 60.1 Å². The van der Waals surface area contributed by atoms with Gasteiger partial charge in [0.25, 0.3) is 0 Å². The first-order valence-corrected chi connectivity index (χ1v) is 19.1. The van der Waals surface area contributed by atoms with Crippen LogP contribution in [-0.2, 0) is 31.2 Å². The molecule has 0 saturated carbocycles. The summed E-state index contributed by atoms with van der Waals surface area (Å²) >= 11 is 0. The smallest absolute Gasteiger partial charge is 0.156 e. The fourth-order valence-corrected chi connectivity index (χ4v) is 9.19. The maximum Gasteiger partial charge on any atom is 0.156 e. The Morgan fingerprint density at radius 3 is 1.87 bits per heavy atom. The molecule has 0 bridgehead atoms. The van der Waals surface area contributed by atoms with Crippen molar-refractivity contribution in [3.05, 3.63) is 84.2 Å². The molecule has 0 saturated heterocycles. The van der Waals surface area contributed by atoms with E-state index in [-0.39, 0.29) is 47.9 Å². The molecule has 0 aliphatic heterocycles. The molecule has 4 aromatic rings. The molecule has 2 aromatic carbocycles. The minimum Gasteiger partial charge on any atom is -0.314 e. The number of para-hydroxylation sites is 2. The summed E-state index contributed by atoms with van der Waals surface area (Å²) in [7, 11) is -7.19. The van der Waals surface area contributed by atoms with Crippen LogP contribution in [-0.4, -0.2) is 73.8 Å². The molecule has 246 valence electrons. The molecule has 0 aliphatic carbocycles. The molecule has 4 rings (SSSR count). The van der Waals surface area contributed by atoms with Crippen molar-refractivity contribution in [3.8, 4) is 6.07 Å². The lowest BCUT2D eigenvalue weighted by Gasteiger charge is -2.30. The van der Waals surface area contributed by atoms with Gasteiger partial charge < -0.3 is 10.5 Å². The standard InChI is InChI=1S/C34H43N5O5S2/c1-25(2)14-32(24-46(43,44)22-28-17-30-9-5-7-11-34(30)38-19-28)39(40)20-26(3)15-31(36-13-12-35)23-45(41,42)21-27-16-29-8-4-6-10-33(29)37-18-27/h4-11,16-19,25-26,31-32,36,40H,13-15,20-24H2,1-3H3. The van der Waals surface area contributed by atoms with Crippen LogP contribution in [0.4, 0.5) is 0 Å². The molecule has 2 heterocycles. The zero-order valence-electron chi connectivity index (χ0n) is 26.6. The molecule has 0 radical (unpaired) electrons. The van der Waals surface area contributed by atoms with Gasteiger partial charge in [0.1, 0.15) is 0 Å². The Hall–Kier alpha value is -3.47. The molecule has 3 unspecified atom stereocenters. The molecule has 2 aromatic heterocycles. The van der Waals surface area contributed by atoms with Crippen molar-refractivity contribution < 1.29 is 22.0 Å². The van der Waals surface area contributed by atoms with Gasteiger partial charge in [-0.1, -0.05) is 57.2 Å². The van der Waals surface area contributed by atoms with E-state index in [1.165, 1.54) is 0 Å². The van der Waals surface area contributed by atoms with Gasteiger partial charge in [0.15, 0.2) is 19.7 Å². The highest BCUT2D eigenvalue weighted by molar-refractivity contribution is 7.90. The number of hydroxylamine groups is 2. The van der Waals surface area contributed by atoms with E-state index < -0.39 is 31.8 Å². The van der Waals surface area contributed by atoms with Crippen molar-refractivity contribution in [1.29, 1.82) is 5.26 Å². The Balaban J connectivity index is 1.39. The number of rotatable bonds is 17. The van der Waals surface area contributed by atoms with E-state index in [0.29, 0.717) is 24.0 Å². The largest absolute Gasteiger partial charge is 0.314 e. The number of hydrogen-bond acceptors (Lipinski definition) is 10. The number of pyridine rings is 2. The monoisotopic (exact) mass is 665 g/mol. The number of hydrogen-bond donors (Lipinski definition) is 2. The second kappa shape index (κ2) is 15.9. The van der Waals surface area contributed by atoms with E-state index in [1.54, 1.807) is 12.4 Å². The van der Waals surface area contributed by atoms with Crippen molar-refractivity contribution in [2.24, 2.45) is 11.8 Å². The fourth-order valence-electron chi connectivity index (χ4n) is 5.87. The van der Waals surface area contributed by atoms with Crippen LogP contribution < -0.4 is 5.32 Å². The van der Waals surface area contributed by atoms with Gasteiger partial charge in [0.2, 0.25) is 0 Å². The van der Waals surface area contributed by atoms with E-state index in [0.717, 1.165) is 26.9 Å². The third-order valence-electron chi connectivity index (χ3n) is 7.79. The van der Waals surface area contributed by atoms with Gasteiger partial charge >= 0.3 is 0 Å². The van der Waals surface area contributed by atoms with Crippen LogP contribution in [0.25, 0.3) is 21.8 Å². The highest BCUT2D eigenvalue weighted by Crippen LogP contribution is 2.21. The quantitative estimate of drug-likeness (QED) is 0.117. The van der Waals surface area contributed by atoms with Crippen molar-refractivity contribution in [3.63, 3.8) is 0 Å². The number of nitrogens with one attached hydrogen (secondary N) is 1. The lowest BCUT2D eigenvalue weighted by molar-refractivity contribution is -0.133. The van der Waals surface area contributed by atoms with E-state index in [1.807, 2.05) is 87.5 Å². The summed E-state index contributed by atoms with van der Waals surface area (Å²) in [6.07, 6.45) is 3.97. The highest BCUT2D eigenvalue weighted by atomic mass is 32.2. The Morgan fingerprint density at radius 2 is 1.35 bits per heavy atom. The van der Waals surface area contributed by atoms with Crippen molar-refractivity contribution >= 4 is 41.5 Å². The SMILES string of the molecule is CC(C)CC(CS(=O)(=O)Cc1cnc2ccccc2c1)N(O)CC(C)CC(CS(=O)(=O)Cc1cnc2ccccc2c1)NCC#N. The molecule has 0 spiro atoms. The van der Waals surface area contributed by atoms with Crippen molar-refractivity contribution in [2.75, 3.05) is 24.6 Å². The van der Waals surface area contributed by atoms with Crippen LogP contribution in [0.1, 0.15) is 44.7 Å². The minimum atomic E-state index is -3.61. The number of benzene rings is 2. The second-order valence-corrected chi connectivity index (χ2v) is 16.9. The van der Waals surface area contributed by atoms with Crippen LogP contribution in [0.5, 0.6) is 0 Å². The van der Waals surface area contributed by atoms with E-state index >= 15 is 0 Å². The van der Waals surface area contributed by atoms with Gasteiger partial charge in [-0.15, -0.1) is 0 Å². The van der Waals surface area contributed by atoms with Crippen LogP contribution in [0.3, 0.4) is 0 Å². The van der Waals surface area contributed by atoms with Gasteiger partial charge in [-0.2, -0.15) is 10.3 Å². The summed E-state index contributed by atoms with van der Waals surface area (Å²) in [6, 6.07) is 19.5. The number of sulfone groups is 2. The number of fused-ring (bicyclic) bond motifs is 2. The molecule has 0 amide bonds. The van der Waals surface area contributed by atoms with Crippen LogP contribution >= 0.6 is 0 Å². The number of nitriles is 1. The molecule has 3 atom stereocenters. The molecule has 46 heavy (non-hydrogen) atoms. The van der Waals surface area contributed by atoms with Crippen LogP contribution in [0, 0.1) is 23.2 Å². The topological polar surface area (TPSA) is 153 Å². The summed E-state index contributed by atoms with van der Waals surface area (Å²) in [4.78, 5) is 8.75. The van der Waals surface area contributed by atoms with Crippen LogP contribution in [0.15, 0.2) is 73.1 Å². The molecule has 12 heteroatoms. The molecular formula is C34H43N5O5S2. The second-order valence-electron chi connectivity index (χ2n) is 12.7. The third kappa shape index (κ3) is 10.8. The molecule has 0 aliphatic rings. The lowest BCUT2D eigenvalue weighted by atomic mass is 10.0. The predicted molar refractivity (Wildman–Crippen MR) is 181 cm³/mol. The van der Waals surface area contributed by atoms with Gasteiger partial charge in [0, 0.05) is 41.8 Å². The number of nitrogens with zero attached hydrogens (tertiary/aromatic N) is 4. The normalized spacial score (nSPS) is 14.5. The van der Waals surface area contributed by atoms with Gasteiger partial charge in [-0.25, -0.2) is 16.8 Å². The molecule has 10 nitrogen and oxygen atoms in total. The molecule has 2 N–H and O–H groups in total. The Bertz CT molecular complexity index is 1880.